The van der Waals surface area contributed by atoms with Gasteiger partial charge in [0.15, 0.2) is 0 Å². The van der Waals surface area contributed by atoms with Crippen molar-refractivity contribution in [2.45, 2.75) is 26.3 Å². The van der Waals surface area contributed by atoms with Crippen molar-refractivity contribution in [2.75, 3.05) is 11.9 Å². The van der Waals surface area contributed by atoms with Crippen LogP contribution in [0.4, 0.5) is 5.69 Å². The van der Waals surface area contributed by atoms with E-state index in [2.05, 4.69) is 19.1 Å². The van der Waals surface area contributed by atoms with Gasteiger partial charge in [-0.1, -0.05) is 36.4 Å². The summed E-state index contributed by atoms with van der Waals surface area (Å²) in [6.07, 6.45) is 1.28. The van der Waals surface area contributed by atoms with E-state index in [4.69, 9.17) is 5.73 Å². The van der Waals surface area contributed by atoms with E-state index in [9.17, 15) is 4.79 Å². The molecule has 2 aromatic carbocycles. The molecule has 2 rings (SSSR count). The SMILES string of the molecule is Cc1ccccc1CCC(=O)N(C)c1cccc(CN)c1. The van der Waals surface area contributed by atoms with Crippen molar-refractivity contribution in [1.82, 2.24) is 0 Å². The quantitative estimate of drug-likeness (QED) is 0.916. The van der Waals surface area contributed by atoms with Crippen LogP contribution < -0.4 is 10.6 Å². The largest absolute Gasteiger partial charge is 0.326 e. The number of carbonyl (C=O) groups is 1. The van der Waals surface area contributed by atoms with Crippen LogP contribution in [-0.4, -0.2) is 13.0 Å². The van der Waals surface area contributed by atoms with Crippen LogP contribution in [0.25, 0.3) is 0 Å². The van der Waals surface area contributed by atoms with Crippen molar-refractivity contribution in [3.63, 3.8) is 0 Å². The normalized spacial score (nSPS) is 10.4. The van der Waals surface area contributed by atoms with Crippen molar-refractivity contribution in [3.8, 4) is 0 Å². The van der Waals surface area contributed by atoms with E-state index in [0.29, 0.717) is 13.0 Å². The van der Waals surface area contributed by atoms with Crippen molar-refractivity contribution >= 4 is 11.6 Å². The molecule has 1 amide bonds. The van der Waals surface area contributed by atoms with Gasteiger partial charge in [0.05, 0.1) is 0 Å². The molecular weight excluding hydrogens is 260 g/mol. The van der Waals surface area contributed by atoms with Gasteiger partial charge in [-0.05, 0) is 42.2 Å². The number of nitrogens with two attached hydrogens (primary N) is 1. The summed E-state index contributed by atoms with van der Waals surface area (Å²) in [5.41, 5.74) is 10.0. The van der Waals surface area contributed by atoms with Crippen molar-refractivity contribution in [1.29, 1.82) is 0 Å². The zero-order valence-corrected chi connectivity index (χ0v) is 12.7. The maximum atomic E-state index is 12.3. The summed E-state index contributed by atoms with van der Waals surface area (Å²) in [7, 11) is 1.82. The molecule has 0 fully saturated rings. The molecule has 3 nitrogen and oxygen atoms in total. The second kappa shape index (κ2) is 7.04. The van der Waals surface area contributed by atoms with Gasteiger partial charge < -0.3 is 10.6 Å². The number of hydrogen-bond acceptors (Lipinski definition) is 2. The minimum atomic E-state index is 0.118. The number of amides is 1. The van der Waals surface area contributed by atoms with E-state index in [1.807, 2.05) is 43.4 Å². The number of hydrogen-bond donors (Lipinski definition) is 1. The van der Waals surface area contributed by atoms with Gasteiger partial charge in [-0.25, -0.2) is 0 Å². The second-order valence-corrected chi connectivity index (χ2v) is 5.25. The average Bonchev–Trinajstić information content (AvgIpc) is 2.53. The highest BCUT2D eigenvalue weighted by atomic mass is 16.2. The molecule has 0 saturated heterocycles. The summed E-state index contributed by atoms with van der Waals surface area (Å²) in [5.74, 6) is 0.118. The Labute approximate surface area is 126 Å². The van der Waals surface area contributed by atoms with Crippen molar-refractivity contribution < 1.29 is 4.79 Å². The fourth-order valence-corrected chi connectivity index (χ4v) is 2.34. The lowest BCUT2D eigenvalue weighted by Gasteiger charge is -2.18. The number of benzene rings is 2. The summed E-state index contributed by atoms with van der Waals surface area (Å²) in [5, 5.41) is 0. The Morgan fingerprint density at radius 3 is 2.62 bits per heavy atom. The molecule has 0 bridgehead atoms. The maximum absolute atomic E-state index is 12.3. The third kappa shape index (κ3) is 3.92. The molecule has 0 atom stereocenters. The van der Waals surface area contributed by atoms with Gasteiger partial charge in [0.2, 0.25) is 5.91 Å². The van der Waals surface area contributed by atoms with Crippen LogP contribution in [0.2, 0.25) is 0 Å². The van der Waals surface area contributed by atoms with Crippen LogP contribution in [0.1, 0.15) is 23.1 Å². The molecule has 0 aliphatic heterocycles. The van der Waals surface area contributed by atoms with Gasteiger partial charge in [0.1, 0.15) is 0 Å². The summed E-state index contributed by atoms with van der Waals surface area (Å²) in [6.45, 7) is 2.56. The summed E-state index contributed by atoms with van der Waals surface area (Å²) in [4.78, 5) is 14.0. The Kier molecular flexibility index (Phi) is 5.12. The molecule has 21 heavy (non-hydrogen) atoms. The summed E-state index contributed by atoms with van der Waals surface area (Å²) in [6, 6.07) is 16.0. The Hall–Kier alpha value is -2.13. The predicted molar refractivity (Wildman–Crippen MR) is 87.2 cm³/mol. The van der Waals surface area contributed by atoms with Crippen LogP contribution in [0.3, 0.4) is 0 Å². The lowest BCUT2D eigenvalue weighted by atomic mass is 10.0. The second-order valence-electron chi connectivity index (χ2n) is 5.25. The first-order chi connectivity index (χ1) is 10.1. The van der Waals surface area contributed by atoms with E-state index >= 15 is 0 Å². The Bertz CT molecular complexity index is 622. The molecule has 0 unspecified atom stereocenters. The first-order valence-electron chi connectivity index (χ1n) is 7.22. The Balaban J connectivity index is 2.01. The van der Waals surface area contributed by atoms with Crippen LogP contribution >= 0.6 is 0 Å². The smallest absolute Gasteiger partial charge is 0.227 e. The minimum absolute atomic E-state index is 0.118. The molecule has 0 heterocycles. The fourth-order valence-electron chi connectivity index (χ4n) is 2.34. The summed E-state index contributed by atoms with van der Waals surface area (Å²) >= 11 is 0. The maximum Gasteiger partial charge on any atom is 0.227 e. The monoisotopic (exact) mass is 282 g/mol. The highest BCUT2D eigenvalue weighted by Gasteiger charge is 2.11. The summed E-state index contributed by atoms with van der Waals surface area (Å²) < 4.78 is 0. The molecule has 2 N–H and O–H groups in total. The highest BCUT2D eigenvalue weighted by molar-refractivity contribution is 5.93. The number of rotatable bonds is 5. The lowest BCUT2D eigenvalue weighted by Crippen LogP contribution is -2.26. The van der Waals surface area contributed by atoms with Gasteiger partial charge >= 0.3 is 0 Å². The predicted octanol–water partition coefficient (Wildman–Crippen LogP) is 3.05. The average molecular weight is 282 g/mol. The van der Waals surface area contributed by atoms with Gasteiger partial charge in [-0.3, -0.25) is 4.79 Å². The van der Waals surface area contributed by atoms with E-state index < -0.39 is 0 Å². The van der Waals surface area contributed by atoms with Crippen LogP contribution in [0.5, 0.6) is 0 Å². The molecule has 0 spiro atoms. The standard InChI is InChI=1S/C18H22N2O/c1-14-6-3-4-8-16(14)10-11-18(21)20(2)17-9-5-7-15(12-17)13-19/h3-9,12H,10-11,13,19H2,1-2H3. The first-order valence-corrected chi connectivity index (χ1v) is 7.22. The van der Waals surface area contributed by atoms with Crippen molar-refractivity contribution in [2.24, 2.45) is 5.73 Å². The molecule has 0 radical (unpaired) electrons. The molecule has 2 aromatic rings. The topological polar surface area (TPSA) is 46.3 Å². The number of nitrogens with zero attached hydrogens (tertiary/aromatic N) is 1. The lowest BCUT2D eigenvalue weighted by molar-refractivity contribution is -0.118. The number of aryl methyl sites for hydroxylation is 2. The molecule has 0 aliphatic carbocycles. The molecular formula is C18H22N2O. The van der Waals surface area contributed by atoms with E-state index in [0.717, 1.165) is 17.7 Å². The zero-order chi connectivity index (χ0) is 15.2. The third-order valence-electron chi connectivity index (χ3n) is 3.78. The molecule has 3 heteroatoms. The van der Waals surface area contributed by atoms with Gasteiger partial charge in [0.25, 0.3) is 0 Å². The number of anilines is 1. The molecule has 0 aromatic heterocycles. The Morgan fingerprint density at radius 1 is 1.14 bits per heavy atom. The molecule has 0 saturated carbocycles. The van der Waals surface area contributed by atoms with E-state index in [-0.39, 0.29) is 5.91 Å². The minimum Gasteiger partial charge on any atom is -0.326 e. The fraction of sp³-hybridized carbons (Fsp3) is 0.278. The Morgan fingerprint density at radius 2 is 1.90 bits per heavy atom. The highest BCUT2D eigenvalue weighted by Crippen LogP contribution is 2.17. The van der Waals surface area contributed by atoms with Crippen molar-refractivity contribution in [3.05, 3.63) is 65.2 Å². The van der Waals surface area contributed by atoms with Gasteiger partial charge in [-0.2, -0.15) is 0 Å². The third-order valence-corrected chi connectivity index (χ3v) is 3.78. The van der Waals surface area contributed by atoms with Crippen LogP contribution in [-0.2, 0) is 17.8 Å². The molecule has 0 aliphatic rings. The van der Waals surface area contributed by atoms with Gasteiger partial charge in [0, 0.05) is 25.7 Å². The van der Waals surface area contributed by atoms with Gasteiger partial charge in [-0.15, -0.1) is 0 Å². The zero-order valence-electron chi connectivity index (χ0n) is 12.7. The first kappa shape index (κ1) is 15.3. The van der Waals surface area contributed by atoms with Crippen LogP contribution in [0.15, 0.2) is 48.5 Å². The number of carbonyl (C=O) groups excluding carboxylic acids is 1. The van der Waals surface area contributed by atoms with E-state index in [1.54, 1.807) is 4.90 Å². The van der Waals surface area contributed by atoms with E-state index in [1.165, 1.54) is 11.1 Å². The molecule has 110 valence electrons. The van der Waals surface area contributed by atoms with Crippen LogP contribution in [0, 0.1) is 6.92 Å².